The lowest BCUT2D eigenvalue weighted by atomic mass is 10.0. The Morgan fingerprint density at radius 3 is 1.75 bits per heavy atom. The van der Waals surface area contributed by atoms with Gasteiger partial charge in [0.25, 0.3) is 0 Å². The third kappa shape index (κ3) is 7.87. The van der Waals surface area contributed by atoms with Crippen LogP contribution in [0.2, 0.25) is 0 Å². The topological polar surface area (TPSA) is 70.0 Å². The highest BCUT2D eigenvalue weighted by Crippen LogP contribution is 2.25. The average Bonchev–Trinajstić information content (AvgIpc) is 2.57. The van der Waals surface area contributed by atoms with Gasteiger partial charge in [-0.15, -0.1) is 0 Å². The van der Waals surface area contributed by atoms with Gasteiger partial charge in [-0.1, -0.05) is 60.7 Å². The molecule has 0 unspecified atom stereocenters. The number of carboxylic acids is 1. The van der Waals surface area contributed by atoms with Crippen LogP contribution in [0, 0.1) is 0 Å². The molecule has 0 aliphatic carbocycles. The van der Waals surface area contributed by atoms with Gasteiger partial charge in [0.05, 0.1) is 6.61 Å². The van der Waals surface area contributed by atoms with Gasteiger partial charge in [-0.05, 0) is 25.2 Å². The predicted octanol–water partition coefficient (Wildman–Crippen LogP) is 2.42. The van der Waals surface area contributed by atoms with Gasteiger partial charge in [-0.25, -0.2) is 4.79 Å². The number of carbonyl (C=O) groups is 1. The van der Waals surface area contributed by atoms with Crippen LogP contribution in [-0.4, -0.2) is 54.9 Å². The summed E-state index contributed by atoms with van der Waals surface area (Å²) in [7, 11) is 3.85. The quantitative estimate of drug-likeness (QED) is 0.815. The molecule has 0 radical (unpaired) electrons. The van der Waals surface area contributed by atoms with Gasteiger partial charge in [0.15, 0.2) is 0 Å². The van der Waals surface area contributed by atoms with Crippen LogP contribution in [0.3, 0.4) is 0 Å². The van der Waals surface area contributed by atoms with Crippen LogP contribution in [-0.2, 0) is 9.53 Å². The third-order valence-corrected chi connectivity index (χ3v) is 3.13. The van der Waals surface area contributed by atoms with E-state index >= 15 is 0 Å². The molecule has 0 aliphatic heterocycles. The monoisotopic (exact) mass is 331 g/mol. The molecule has 0 atom stereocenters. The van der Waals surface area contributed by atoms with Crippen LogP contribution >= 0.6 is 0 Å². The number of hydrogen-bond donors (Lipinski definition) is 2. The molecule has 2 rings (SSSR count). The van der Waals surface area contributed by atoms with Crippen LogP contribution in [0.25, 0.3) is 0 Å². The molecule has 5 heteroatoms. The summed E-state index contributed by atoms with van der Waals surface area (Å²) < 4.78 is 5.48. The maximum atomic E-state index is 10.6. The van der Waals surface area contributed by atoms with Crippen molar-refractivity contribution in [2.24, 2.45) is 0 Å². The van der Waals surface area contributed by atoms with E-state index in [1.165, 1.54) is 0 Å². The zero-order chi connectivity index (χ0) is 17.8. The first kappa shape index (κ1) is 19.8. The Balaban J connectivity index is 0.000000413. The fourth-order valence-electron chi connectivity index (χ4n) is 2.00. The summed E-state index contributed by atoms with van der Waals surface area (Å²) in [6.45, 7) is 0.710. The first-order valence-corrected chi connectivity index (χ1v) is 7.73. The minimum atomic E-state index is -0.966. The number of aliphatic carboxylic acids is 1. The van der Waals surface area contributed by atoms with Gasteiger partial charge >= 0.3 is 5.97 Å². The lowest BCUT2D eigenvalue weighted by Crippen LogP contribution is -2.15. The molecule has 0 saturated carbocycles. The Labute approximate surface area is 143 Å². The molecule has 0 saturated heterocycles. The zero-order valence-corrected chi connectivity index (χ0v) is 14.1. The highest BCUT2D eigenvalue weighted by atomic mass is 16.5. The summed E-state index contributed by atoms with van der Waals surface area (Å²) in [4.78, 5) is 12.6. The molecule has 2 N–H and O–H groups in total. The Bertz CT molecular complexity index is 533. The van der Waals surface area contributed by atoms with Crippen LogP contribution < -0.4 is 0 Å². The lowest BCUT2D eigenvalue weighted by Gasteiger charge is -2.17. The number of hydrogen-bond acceptors (Lipinski definition) is 4. The minimum absolute atomic E-state index is 0.257. The number of nitrogens with zero attached hydrogens (tertiary/aromatic N) is 1. The van der Waals surface area contributed by atoms with E-state index in [0.717, 1.165) is 17.7 Å². The van der Waals surface area contributed by atoms with Crippen LogP contribution in [0.1, 0.15) is 17.2 Å². The highest BCUT2D eigenvalue weighted by Gasteiger charge is 2.15. The minimum Gasteiger partial charge on any atom is -0.480 e. The number of ether oxygens (including phenoxy) is 1. The van der Waals surface area contributed by atoms with Gasteiger partial charge in [-0.2, -0.15) is 0 Å². The molecule has 2 aromatic carbocycles. The maximum Gasteiger partial charge on any atom is 0.329 e. The Morgan fingerprint density at radius 2 is 1.46 bits per heavy atom. The van der Waals surface area contributed by atoms with E-state index in [1.54, 1.807) is 0 Å². The molecule has 130 valence electrons. The highest BCUT2D eigenvalue weighted by molar-refractivity contribution is 5.68. The number of aliphatic hydroxyl groups excluding tert-OH is 1. The standard InChI is InChI=1S/C15H14O3.C4H11NO/c16-14(17)11-18-15(12-7-3-1-4-8-12)13-9-5-2-6-10-13;1-5(2)3-4-6/h1-10,15H,11H2,(H,16,17);6H,3-4H2,1-2H3. The fraction of sp³-hybridized carbons (Fsp3) is 0.316. The molecule has 24 heavy (non-hydrogen) atoms. The van der Waals surface area contributed by atoms with Crippen molar-refractivity contribution in [1.29, 1.82) is 0 Å². The van der Waals surface area contributed by atoms with Crippen molar-refractivity contribution in [3.05, 3.63) is 71.8 Å². The molecular weight excluding hydrogens is 306 g/mol. The molecular formula is C19H25NO4. The number of aliphatic hydroxyl groups is 1. The summed E-state index contributed by atoms with van der Waals surface area (Å²) in [6.07, 6.45) is -0.344. The second kappa shape index (κ2) is 11.3. The number of likely N-dealkylation sites (N-methyl/N-ethyl adjacent to an activating group) is 1. The van der Waals surface area contributed by atoms with Gasteiger partial charge < -0.3 is 19.8 Å². The van der Waals surface area contributed by atoms with E-state index < -0.39 is 5.97 Å². The summed E-state index contributed by atoms with van der Waals surface area (Å²) in [5, 5.41) is 16.9. The second-order valence-corrected chi connectivity index (χ2v) is 5.43. The molecule has 2 aromatic rings. The van der Waals surface area contributed by atoms with E-state index in [0.29, 0.717) is 0 Å². The molecule has 0 bridgehead atoms. The van der Waals surface area contributed by atoms with Crippen molar-refractivity contribution in [3.63, 3.8) is 0 Å². The number of carboxylic acid groups (broad SMARTS) is 1. The molecule has 5 nitrogen and oxygen atoms in total. The van der Waals surface area contributed by atoms with Gasteiger partial charge in [0.1, 0.15) is 12.7 Å². The molecule has 0 aliphatic rings. The summed E-state index contributed by atoms with van der Waals surface area (Å²) in [5.74, 6) is -0.966. The van der Waals surface area contributed by atoms with Crippen molar-refractivity contribution in [2.45, 2.75) is 6.10 Å². The number of benzene rings is 2. The van der Waals surface area contributed by atoms with E-state index in [-0.39, 0.29) is 19.3 Å². The summed E-state index contributed by atoms with van der Waals surface area (Å²) in [5.41, 5.74) is 1.90. The van der Waals surface area contributed by atoms with Gasteiger partial charge in [0.2, 0.25) is 0 Å². The Hall–Kier alpha value is -2.21. The molecule has 0 aromatic heterocycles. The van der Waals surface area contributed by atoms with Gasteiger partial charge in [-0.3, -0.25) is 0 Å². The lowest BCUT2D eigenvalue weighted by molar-refractivity contribution is -0.143. The van der Waals surface area contributed by atoms with Crippen molar-refractivity contribution in [2.75, 3.05) is 33.9 Å². The largest absolute Gasteiger partial charge is 0.480 e. The molecule has 0 heterocycles. The smallest absolute Gasteiger partial charge is 0.329 e. The molecule has 0 fully saturated rings. The molecule has 0 amide bonds. The normalized spacial score (nSPS) is 10.4. The fourth-order valence-corrected chi connectivity index (χ4v) is 2.00. The maximum absolute atomic E-state index is 10.6. The summed E-state index contributed by atoms with van der Waals surface area (Å²) >= 11 is 0. The van der Waals surface area contributed by atoms with E-state index in [1.807, 2.05) is 79.7 Å². The van der Waals surface area contributed by atoms with Crippen molar-refractivity contribution >= 4 is 5.97 Å². The van der Waals surface area contributed by atoms with Crippen molar-refractivity contribution < 1.29 is 19.7 Å². The van der Waals surface area contributed by atoms with Crippen molar-refractivity contribution in [3.8, 4) is 0 Å². The zero-order valence-electron chi connectivity index (χ0n) is 14.1. The first-order valence-electron chi connectivity index (χ1n) is 7.73. The van der Waals surface area contributed by atoms with Crippen LogP contribution in [0.5, 0.6) is 0 Å². The Morgan fingerprint density at radius 1 is 1.00 bits per heavy atom. The summed E-state index contributed by atoms with van der Waals surface area (Å²) in [6, 6.07) is 19.2. The van der Waals surface area contributed by atoms with E-state index in [2.05, 4.69) is 0 Å². The van der Waals surface area contributed by atoms with E-state index in [9.17, 15) is 4.79 Å². The first-order chi connectivity index (χ1) is 11.5. The molecule has 0 spiro atoms. The second-order valence-electron chi connectivity index (χ2n) is 5.43. The number of rotatable bonds is 7. The average molecular weight is 331 g/mol. The van der Waals surface area contributed by atoms with Gasteiger partial charge in [0, 0.05) is 6.54 Å². The third-order valence-electron chi connectivity index (χ3n) is 3.13. The van der Waals surface area contributed by atoms with Crippen LogP contribution in [0.15, 0.2) is 60.7 Å². The Kier molecular flexibility index (Phi) is 9.38. The van der Waals surface area contributed by atoms with Crippen molar-refractivity contribution in [1.82, 2.24) is 4.90 Å². The SMILES string of the molecule is CN(C)CCO.O=C(O)COC(c1ccccc1)c1ccccc1. The van der Waals surface area contributed by atoms with Crippen LogP contribution in [0.4, 0.5) is 0 Å². The van der Waals surface area contributed by atoms with E-state index in [4.69, 9.17) is 14.9 Å². The predicted molar refractivity (Wildman–Crippen MR) is 94.0 cm³/mol.